The monoisotopic (exact) mass is 273 g/mol. The van der Waals surface area contributed by atoms with Gasteiger partial charge >= 0.3 is 0 Å². The number of hydrogen-bond donors (Lipinski definition) is 0. The van der Waals surface area contributed by atoms with Crippen molar-refractivity contribution in [3.63, 3.8) is 0 Å². The van der Waals surface area contributed by atoms with Crippen LogP contribution in [0.3, 0.4) is 0 Å². The van der Waals surface area contributed by atoms with E-state index in [-0.39, 0.29) is 5.91 Å². The van der Waals surface area contributed by atoms with Gasteiger partial charge in [-0.15, -0.1) is 11.3 Å². The summed E-state index contributed by atoms with van der Waals surface area (Å²) in [5.41, 5.74) is 2.27. The molecule has 1 aromatic carbocycles. The minimum atomic E-state index is 0.0448. The Morgan fingerprint density at radius 2 is 2.21 bits per heavy atom. The van der Waals surface area contributed by atoms with E-state index in [9.17, 15) is 4.79 Å². The molecule has 0 radical (unpaired) electrons. The summed E-state index contributed by atoms with van der Waals surface area (Å²) in [6.45, 7) is 3.26. The third kappa shape index (κ3) is 2.12. The molecular weight excluding hydrogens is 258 g/mol. The van der Waals surface area contributed by atoms with Gasteiger partial charge in [0.25, 0.3) is 5.91 Å². The van der Waals surface area contributed by atoms with Crippen molar-refractivity contribution in [3.8, 4) is 5.75 Å². The van der Waals surface area contributed by atoms with Gasteiger partial charge in [-0.1, -0.05) is 18.2 Å². The van der Waals surface area contributed by atoms with E-state index in [1.807, 2.05) is 41.5 Å². The van der Waals surface area contributed by atoms with Crippen LogP contribution in [0.5, 0.6) is 5.75 Å². The number of nitrogens with zero attached hydrogens (tertiary/aromatic N) is 1. The predicted molar refractivity (Wildman–Crippen MR) is 77.3 cm³/mol. The zero-order valence-electron chi connectivity index (χ0n) is 10.8. The number of thiophene rings is 1. The molecule has 4 heteroatoms. The predicted octanol–water partition coefficient (Wildman–Crippen LogP) is 3.35. The molecule has 0 saturated carbocycles. The van der Waals surface area contributed by atoms with Gasteiger partial charge in [0, 0.05) is 12.2 Å². The van der Waals surface area contributed by atoms with Crippen molar-refractivity contribution in [2.24, 2.45) is 0 Å². The first-order chi connectivity index (χ1) is 9.31. The molecule has 0 fully saturated rings. The molecule has 0 unspecified atom stereocenters. The number of benzene rings is 1. The van der Waals surface area contributed by atoms with Crippen molar-refractivity contribution in [3.05, 3.63) is 46.2 Å². The van der Waals surface area contributed by atoms with Crippen LogP contribution in [-0.4, -0.2) is 19.1 Å². The van der Waals surface area contributed by atoms with Gasteiger partial charge in [0.2, 0.25) is 0 Å². The molecule has 2 heterocycles. The highest BCUT2D eigenvalue weighted by atomic mass is 32.1. The molecule has 3 nitrogen and oxygen atoms in total. The van der Waals surface area contributed by atoms with Gasteiger partial charge in [-0.25, -0.2) is 0 Å². The Labute approximate surface area is 116 Å². The average Bonchev–Trinajstić information content (AvgIpc) is 3.04. The molecule has 0 bridgehead atoms. The van der Waals surface area contributed by atoms with Crippen LogP contribution in [0.4, 0.5) is 5.69 Å². The van der Waals surface area contributed by atoms with Crippen LogP contribution in [0.2, 0.25) is 0 Å². The molecule has 0 atom stereocenters. The molecule has 1 amide bonds. The van der Waals surface area contributed by atoms with Crippen LogP contribution in [0, 0.1) is 0 Å². The smallest absolute Gasteiger partial charge is 0.272 e. The summed E-state index contributed by atoms with van der Waals surface area (Å²) in [5.74, 6) is 0.741. The lowest BCUT2D eigenvalue weighted by atomic mass is 10.2. The van der Waals surface area contributed by atoms with Crippen LogP contribution < -0.4 is 9.64 Å². The highest BCUT2D eigenvalue weighted by Gasteiger charge is 2.27. The molecule has 98 valence electrons. The lowest BCUT2D eigenvalue weighted by molar-refractivity contribution is 0.0990. The van der Waals surface area contributed by atoms with Crippen molar-refractivity contribution in [2.45, 2.75) is 13.3 Å². The maximum Gasteiger partial charge on any atom is 0.272 e. The second kappa shape index (κ2) is 5.05. The van der Waals surface area contributed by atoms with Gasteiger partial charge in [0.1, 0.15) is 10.6 Å². The summed E-state index contributed by atoms with van der Waals surface area (Å²) < 4.78 is 5.51. The maximum absolute atomic E-state index is 12.6. The summed E-state index contributed by atoms with van der Waals surface area (Å²) in [4.78, 5) is 15.2. The first-order valence-electron chi connectivity index (χ1n) is 6.41. The second-order valence-electron chi connectivity index (χ2n) is 4.38. The maximum atomic E-state index is 12.6. The van der Waals surface area contributed by atoms with E-state index in [0.717, 1.165) is 18.7 Å². The first-order valence-corrected chi connectivity index (χ1v) is 7.29. The van der Waals surface area contributed by atoms with E-state index >= 15 is 0 Å². The first kappa shape index (κ1) is 12.2. The zero-order valence-corrected chi connectivity index (χ0v) is 11.6. The SMILES string of the molecule is CCOc1ccsc1C(=O)N1CCc2ccccc21. The highest BCUT2D eigenvalue weighted by Crippen LogP contribution is 2.33. The van der Waals surface area contributed by atoms with Gasteiger partial charge in [0.05, 0.1) is 6.61 Å². The fraction of sp³-hybridized carbons (Fsp3) is 0.267. The van der Waals surface area contributed by atoms with Gasteiger partial charge in [-0.05, 0) is 36.4 Å². The number of carbonyl (C=O) groups excluding carboxylic acids is 1. The number of anilines is 1. The van der Waals surface area contributed by atoms with Crippen molar-refractivity contribution in [2.75, 3.05) is 18.1 Å². The lowest BCUT2D eigenvalue weighted by Gasteiger charge is -2.17. The van der Waals surface area contributed by atoms with Crippen molar-refractivity contribution >= 4 is 22.9 Å². The van der Waals surface area contributed by atoms with Crippen molar-refractivity contribution < 1.29 is 9.53 Å². The van der Waals surface area contributed by atoms with Crippen LogP contribution in [0.25, 0.3) is 0 Å². The summed E-state index contributed by atoms with van der Waals surface area (Å²) in [6.07, 6.45) is 0.928. The Balaban J connectivity index is 1.91. The van der Waals surface area contributed by atoms with E-state index < -0.39 is 0 Å². The number of ether oxygens (including phenoxy) is 1. The number of rotatable bonds is 3. The quantitative estimate of drug-likeness (QED) is 0.858. The van der Waals surface area contributed by atoms with Crippen LogP contribution in [0.1, 0.15) is 22.2 Å². The minimum Gasteiger partial charge on any atom is -0.492 e. The van der Waals surface area contributed by atoms with E-state index in [2.05, 4.69) is 6.07 Å². The summed E-state index contributed by atoms with van der Waals surface area (Å²) in [6, 6.07) is 9.95. The molecule has 0 N–H and O–H groups in total. The molecule has 0 saturated heterocycles. The van der Waals surface area contributed by atoms with Crippen LogP contribution in [-0.2, 0) is 6.42 Å². The fourth-order valence-electron chi connectivity index (χ4n) is 2.39. The number of hydrogen-bond acceptors (Lipinski definition) is 3. The number of para-hydroxylation sites is 1. The Morgan fingerprint density at radius 3 is 3.05 bits per heavy atom. The molecule has 1 aliphatic rings. The van der Waals surface area contributed by atoms with Gasteiger partial charge in [0.15, 0.2) is 0 Å². The van der Waals surface area contributed by atoms with Crippen molar-refractivity contribution in [1.82, 2.24) is 0 Å². The Kier molecular flexibility index (Phi) is 3.25. The van der Waals surface area contributed by atoms with Crippen LogP contribution >= 0.6 is 11.3 Å². The largest absolute Gasteiger partial charge is 0.492 e. The fourth-order valence-corrected chi connectivity index (χ4v) is 3.18. The number of carbonyl (C=O) groups is 1. The molecule has 0 spiro atoms. The molecule has 19 heavy (non-hydrogen) atoms. The molecular formula is C15H15NO2S. The van der Waals surface area contributed by atoms with Crippen molar-refractivity contribution in [1.29, 1.82) is 0 Å². The third-order valence-electron chi connectivity index (χ3n) is 3.26. The number of fused-ring (bicyclic) bond motifs is 1. The second-order valence-corrected chi connectivity index (χ2v) is 5.30. The highest BCUT2D eigenvalue weighted by molar-refractivity contribution is 7.12. The minimum absolute atomic E-state index is 0.0448. The third-order valence-corrected chi connectivity index (χ3v) is 4.14. The number of amides is 1. The topological polar surface area (TPSA) is 29.5 Å². The van der Waals surface area contributed by atoms with E-state index in [4.69, 9.17) is 4.74 Å². The molecule has 1 aromatic heterocycles. The van der Waals surface area contributed by atoms with Gasteiger partial charge in [-0.3, -0.25) is 4.79 Å². The summed E-state index contributed by atoms with van der Waals surface area (Å²) in [5, 5.41) is 1.90. The zero-order chi connectivity index (χ0) is 13.2. The van der Waals surface area contributed by atoms with Gasteiger partial charge < -0.3 is 9.64 Å². The average molecular weight is 273 g/mol. The molecule has 2 aromatic rings. The normalized spacial score (nSPS) is 13.4. The van der Waals surface area contributed by atoms with E-state index in [0.29, 0.717) is 17.2 Å². The molecule has 1 aliphatic heterocycles. The van der Waals surface area contributed by atoms with E-state index in [1.165, 1.54) is 16.9 Å². The van der Waals surface area contributed by atoms with Gasteiger partial charge in [-0.2, -0.15) is 0 Å². The van der Waals surface area contributed by atoms with E-state index in [1.54, 1.807) is 0 Å². The standard InChI is InChI=1S/C15H15NO2S/c1-2-18-13-8-10-19-14(13)15(17)16-9-7-11-5-3-4-6-12(11)16/h3-6,8,10H,2,7,9H2,1H3. The Hall–Kier alpha value is -1.81. The van der Waals surface area contributed by atoms with Crippen LogP contribution in [0.15, 0.2) is 35.7 Å². The lowest BCUT2D eigenvalue weighted by Crippen LogP contribution is -2.28. The summed E-state index contributed by atoms with van der Waals surface area (Å²) >= 11 is 1.44. The Bertz CT molecular complexity index is 606. The Morgan fingerprint density at radius 1 is 1.37 bits per heavy atom. The molecule has 0 aliphatic carbocycles. The summed E-state index contributed by atoms with van der Waals surface area (Å²) in [7, 11) is 0. The molecule has 3 rings (SSSR count).